The van der Waals surface area contributed by atoms with Crippen LogP contribution in [0.25, 0.3) is 0 Å². The predicted octanol–water partition coefficient (Wildman–Crippen LogP) is 1.42. The molecule has 0 amide bonds. The molecule has 1 aromatic carbocycles. The molecule has 20 heavy (non-hydrogen) atoms. The highest BCUT2D eigenvalue weighted by Gasteiger charge is 2.26. The van der Waals surface area contributed by atoms with Gasteiger partial charge in [0.05, 0.1) is 6.54 Å². The minimum absolute atomic E-state index is 0.00826. The van der Waals surface area contributed by atoms with Crippen LogP contribution in [0.15, 0.2) is 30.3 Å². The van der Waals surface area contributed by atoms with Gasteiger partial charge in [0.15, 0.2) is 0 Å². The van der Waals surface area contributed by atoms with Gasteiger partial charge in [0.2, 0.25) is 0 Å². The lowest BCUT2D eigenvalue weighted by Crippen LogP contribution is -2.46. The van der Waals surface area contributed by atoms with Crippen LogP contribution in [0.1, 0.15) is 12.5 Å². The summed E-state index contributed by atoms with van der Waals surface area (Å²) in [6, 6.07) is 9.55. The quantitative estimate of drug-likeness (QED) is 0.774. The van der Waals surface area contributed by atoms with Crippen molar-refractivity contribution in [3.8, 4) is 0 Å². The van der Waals surface area contributed by atoms with E-state index in [0.717, 1.165) is 5.56 Å². The van der Waals surface area contributed by atoms with Gasteiger partial charge < -0.3 is 10.1 Å². The minimum atomic E-state index is -2.59. The van der Waals surface area contributed by atoms with Crippen molar-refractivity contribution < 1.29 is 13.7 Å². The van der Waals surface area contributed by atoms with Crippen LogP contribution in [0.4, 0.5) is 0 Å². The Kier molecular flexibility index (Phi) is 5.48. The molecule has 1 N–H and O–H groups in total. The molecule has 0 saturated heterocycles. The number of ether oxygens (including phenoxy) is 1. The Morgan fingerprint density at radius 2 is 1.85 bits per heavy atom. The van der Waals surface area contributed by atoms with Crippen molar-refractivity contribution in [2.24, 2.45) is 0 Å². The van der Waals surface area contributed by atoms with Gasteiger partial charge in [-0.25, -0.2) is 0 Å². The number of nitrogens with one attached hydrogen (secondary N) is 1. The van der Waals surface area contributed by atoms with Crippen molar-refractivity contribution in [1.29, 1.82) is 0 Å². The van der Waals surface area contributed by atoms with E-state index < -0.39 is 9.07 Å². The molecule has 0 radical (unpaired) electrons. The van der Waals surface area contributed by atoms with Crippen LogP contribution in [-0.2, 0) is 25.2 Å². The summed E-state index contributed by atoms with van der Waals surface area (Å²) >= 11 is 0. The lowest BCUT2D eigenvalue weighted by Gasteiger charge is -2.35. The van der Waals surface area contributed by atoms with Crippen molar-refractivity contribution in [1.82, 2.24) is 5.32 Å². The molecule has 0 spiro atoms. The monoisotopic (exact) mass is 299 g/mol. The van der Waals surface area contributed by atoms with Crippen LogP contribution in [-0.4, -0.2) is 47.3 Å². The molecule has 1 atom stereocenters. The Morgan fingerprint density at radius 3 is 2.40 bits per heavy atom. The summed E-state index contributed by atoms with van der Waals surface area (Å²) in [6.07, 6.45) is 5.33. The Bertz CT molecular complexity index is 496. The van der Waals surface area contributed by atoms with Gasteiger partial charge in [0.1, 0.15) is 6.61 Å². The van der Waals surface area contributed by atoms with Gasteiger partial charge in [0.25, 0.3) is 0 Å². The number of benzene rings is 1. The van der Waals surface area contributed by atoms with E-state index in [1.165, 1.54) is 0 Å². The highest BCUT2D eigenvalue weighted by atomic mass is 32.3. The first-order chi connectivity index (χ1) is 9.15. The fraction of sp³-hybridized carbons (Fsp3) is 0.533. The van der Waals surface area contributed by atoms with E-state index in [0.29, 0.717) is 6.54 Å². The van der Waals surface area contributed by atoms with Gasteiger partial charge in [-0.05, 0) is 24.3 Å². The van der Waals surface area contributed by atoms with Crippen molar-refractivity contribution in [2.45, 2.75) is 18.8 Å². The van der Waals surface area contributed by atoms with Gasteiger partial charge in [-0.1, -0.05) is 46.3 Å². The molecular formula is C15H25NO3S. The largest absolute Gasteiger partial charge is 0.460 e. The van der Waals surface area contributed by atoms with Crippen LogP contribution >= 0.6 is 0 Å². The highest BCUT2D eigenvalue weighted by Crippen LogP contribution is 2.18. The number of hydrogen-bond acceptors (Lipinski definition) is 4. The Labute approximate surface area is 121 Å². The van der Waals surface area contributed by atoms with Crippen LogP contribution in [0.3, 0.4) is 0 Å². The van der Waals surface area contributed by atoms with Gasteiger partial charge in [0, 0.05) is 11.8 Å². The first-order valence-electron chi connectivity index (χ1n) is 6.63. The first-order valence-corrected chi connectivity index (χ1v) is 9.89. The first kappa shape index (κ1) is 16.9. The number of carbonyl (C=O) groups is 1. The molecule has 4 nitrogen and oxygen atoms in total. The smallest absolute Gasteiger partial charge is 0.320 e. The van der Waals surface area contributed by atoms with Crippen LogP contribution < -0.4 is 5.32 Å². The number of carbonyl (C=O) groups excluding carboxylic acids is 1. The maximum atomic E-state index is 12.3. The molecular weight excluding hydrogens is 274 g/mol. The Morgan fingerprint density at radius 1 is 1.25 bits per heavy atom. The molecule has 1 unspecified atom stereocenters. The molecule has 0 saturated carbocycles. The van der Waals surface area contributed by atoms with Gasteiger partial charge in [-0.3, -0.25) is 9.00 Å². The summed E-state index contributed by atoms with van der Waals surface area (Å²) in [5.74, 6) is -0.298. The minimum Gasteiger partial charge on any atom is -0.460 e. The van der Waals surface area contributed by atoms with Crippen molar-refractivity contribution in [3.05, 3.63) is 35.9 Å². The molecule has 0 aliphatic carbocycles. The summed E-state index contributed by atoms with van der Waals surface area (Å²) in [4.78, 5) is 11.6. The molecule has 0 aliphatic rings. The fourth-order valence-corrected chi connectivity index (χ4v) is 2.14. The highest BCUT2D eigenvalue weighted by molar-refractivity contribution is 8.18. The van der Waals surface area contributed by atoms with E-state index in [9.17, 15) is 9.00 Å². The zero-order valence-corrected chi connectivity index (χ0v) is 13.5. The van der Waals surface area contributed by atoms with Gasteiger partial charge in [-0.2, -0.15) is 0 Å². The maximum absolute atomic E-state index is 12.3. The molecule has 0 heterocycles. The van der Waals surface area contributed by atoms with Crippen molar-refractivity contribution in [3.63, 3.8) is 0 Å². The van der Waals surface area contributed by atoms with E-state index in [2.05, 4.69) is 5.32 Å². The summed E-state index contributed by atoms with van der Waals surface area (Å²) in [6.45, 7) is 2.89. The maximum Gasteiger partial charge on any atom is 0.320 e. The second kappa shape index (κ2) is 6.50. The van der Waals surface area contributed by atoms with E-state index in [4.69, 9.17) is 4.74 Å². The van der Waals surface area contributed by atoms with E-state index >= 15 is 0 Å². The van der Waals surface area contributed by atoms with E-state index in [-0.39, 0.29) is 24.4 Å². The van der Waals surface area contributed by atoms with Gasteiger partial charge in [-0.15, -0.1) is 0 Å². The van der Waals surface area contributed by atoms with Crippen LogP contribution in [0.2, 0.25) is 0 Å². The third-order valence-corrected chi connectivity index (χ3v) is 6.22. The third kappa shape index (κ3) is 6.30. The normalized spacial score (nSPS) is 15.1. The standard InChI is InChI=1S/C15H25NO3S/c1-13(20(2,3,4)18)10-16-11-15(17)19-12-14-8-6-5-7-9-14/h5-9,13,16H,10-12H2,1-4H3. The number of esters is 1. The number of hydrogen-bond donors (Lipinski definition) is 1. The topological polar surface area (TPSA) is 55.4 Å². The average molecular weight is 299 g/mol. The second-order valence-corrected chi connectivity index (χ2v) is 12.0. The molecule has 5 heteroatoms. The van der Waals surface area contributed by atoms with Crippen LogP contribution in [0, 0.1) is 0 Å². The molecule has 1 rings (SSSR count). The summed E-state index contributed by atoms with van der Waals surface area (Å²) in [5, 5.41) is 3.01. The lowest BCUT2D eigenvalue weighted by molar-refractivity contribution is -0.143. The Hall–Kier alpha value is -1.20. The fourth-order valence-electron chi connectivity index (χ4n) is 1.45. The SMILES string of the molecule is CC(CNCC(=O)OCc1ccccc1)S(C)(C)(C)=O. The molecule has 0 aromatic heterocycles. The summed E-state index contributed by atoms with van der Waals surface area (Å²) in [5.41, 5.74) is 0.966. The molecule has 0 aliphatic heterocycles. The third-order valence-electron chi connectivity index (χ3n) is 3.32. The van der Waals surface area contributed by atoms with E-state index in [1.807, 2.05) is 37.3 Å². The number of rotatable bonds is 7. The molecule has 0 bridgehead atoms. The predicted molar refractivity (Wildman–Crippen MR) is 84.5 cm³/mol. The van der Waals surface area contributed by atoms with Gasteiger partial charge >= 0.3 is 5.97 Å². The zero-order chi connectivity index (χ0) is 15.3. The summed E-state index contributed by atoms with van der Waals surface area (Å²) < 4.78 is 17.5. The summed E-state index contributed by atoms with van der Waals surface area (Å²) in [7, 11) is -2.59. The van der Waals surface area contributed by atoms with E-state index in [1.54, 1.807) is 18.8 Å². The zero-order valence-electron chi connectivity index (χ0n) is 12.7. The second-order valence-electron chi connectivity index (χ2n) is 6.12. The van der Waals surface area contributed by atoms with Crippen molar-refractivity contribution in [2.75, 3.05) is 31.9 Å². The Balaban J connectivity index is 2.26. The molecule has 1 aromatic rings. The average Bonchev–Trinajstić information content (AvgIpc) is 2.35. The van der Waals surface area contributed by atoms with Crippen molar-refractivity contribution >= 4 is 15.0 Å². The molecule has 114 valence electrons. The van der Waals surface area contributed by atoms with Crippen LogP contribution in [0.5, 0.6) is 0 Å². The molecule has 0 fully saturated rings. The lowest BCUT2D eigenvalue weighted by atomic mass is 10.2.